The SMILES string of the molecule is O=[P+](OCNCCO)OCNCCO. The quantitative estimate of drug-likeness (QED) is 0.210. The fourth-order valence-corrected chi connectivity index (χ4v) is 1.00. The molecule has 0 fully saturated rings. The molecule has 7 nitrogen and oxygen atoms in total. The van der Waals surface area contributed by atoms with Crippen LogP contribution in [0.25, 0.3) is 0 Å². The fourth-order valence-electron chi connectivity index (χ4n) is 0.536. The Kier molecular flexibility index (Phi) is 10.8. The van der Waals surface area contributed by atoms with E-state index >= 15 is 0 Å². The molecule has 0 spiro atoms. The van der Waals surface area contributed by atoms with E-state index in [4.69, 9.17) is 10.2 Å². The van der Waals surface area contributed by atoms with Crippen molar-refractivity contribution in [2.45, 2.75) is 0 Å². The number of nitrogens with one attached hydrogen (secondary N) is 2. The molecule has 0 aliphatic carbocycles. The first-order valence-corrected chi connectivity index (χ1v) is 5.27. The third-order valence-electron chi connectivity index (χ3n) is 1.12. The second-order valence-corrected chi connectivity index (χ2v) is 3.18. The number of rotatable bonds is 10. The maximum atomic E-state index is 10.9. The lowest BCUT2D eigenvalue weighted by atomic mass is 10.7. The monoisotopic (exact) mass is 227 g/mol. The Hall–Kier alpha value is -0.140. The molecule has 0 amide bonds. The van der Waals surface area contributed by atoms with Gasteiger partial charge in [-0.05, 0) is 0 Å². The normalized spacial score (nSPS) is 10.4. The van der Waals surface area contributed by atoms with Gasteiger partial charge < -0.3 is 10.2 Å². The average Bonchev–Trinajstić information content (AvgIpc) is 2.19. The van der Waals surface area contributed by atoms with Crippen LogP contribution in [0.5, 0.6) is 0 Å². The van der Waals surface area contributed by atoms with E-state index in [0.717, 1.165) is 0 Å². The lowest BCUT2D eigenvalue weighted by Gasteiger charge is -1.96. The first-order chi connectivity index (χ1) is 6.81. The zero-order chi connectivity index (χ0) is 10.6. The maximum absolute atomic E-state index is 10.9. The van der Waals surface area contributed by atoms with Crippen molar-refractivity contribution < 1.29 is 23.8 Å². The van der Waals surface area contributed by atoms with Gasteiger partial charge in [-0.25, -0.2) is 0 Å². The molecule has 0 saturated heterocycles. The summed E-state index contributed by atoms with van der Waals surface area (Å²) in [6.07, 6.45) is 0. The van der Waals surface area contributed by atoms with E-state index in [2.05, 4.69) is 19.7 Å². The van der Waals surface area contributed by atoms with Crippen LogP contribution in [0.3, 0.4) is 0 Å². The van der Waals surface area contributed by atoms with Crippen LogP contribution in [0.1, 0.15) is 0 Å². The highest BCUT2D eigenvalue weighted by Gasteiger charge is 2.18. The van der Waals surface area contributed by atoms with E-state index in [1.54, 1.807) is 0 Å². The summed E-state index contributed by atoms with van der Waals surface area (Å²) in [5.74, 6) is 0. The van der Waals surface area contributed by atoms with Gasteiger partial charge in [0.25, 0.3) is 0 Å². The lowest BCUT2D eigenvalue weighted by Crippen LogP contribution is -2.21. The molecule has 0 aromatic carbocycles. The van der Waals surface area contributed by atoms with Gasteiger partial charge in [0.1, 0.15) is 0 Å². The van der Waals surface area contributed by atoms with Crippen LogP contribution >= 0.6 is 8.25 Å². The van der Waals surface area contributed by atoms with E-state index in [9.17, 15) is 4.57 Å². The Morgan fingerprint density at radius 1 is 1.00 bits per heavy atom. The third-order valence-corrected chi connectivity index (χ3v) is 1.80. The largest absolute Gasteiger partial charge is 0.700 e. The van der Waals surface area contributed by atoms with Gasteiger partial charge in [-0.15, -0.1) is 9.05 Å². The minimum atomic E-state index is -2.15. The minimum absolute atomic E-state index is 0.000937. The van der Waals surface area contributed by atoms with Gasteiger partial charge in [-0.1, -0.05) is 0 Å². The molecule has 0 aliphatic heterocycles. The lowest BCUT2D eigenvalue weighted by molar-refractivity contribution is 0.188. The highest BCUT2D eigenvalue weighted by atomic mass is 31.1. The Labute approximate surface area is 83.4 Å². The Morgan fingerprint density at radius 3 is 1.79 bits per heavy atom. The number of hydrogen-bond acceptors (Lipinski definition) is 7. The third kappa shape index (κ3) is 9.94. The number of aliphatic hydroxyl groups excluding tert-OH is 2. The highest BCUT2D eigenvalue weighted by Crippen LogP contribution is 2.21. The van der Waals surface area contributed by atoms with Crippen LogP contribution < -0.4 is 10.6 Å². The van der Waals surface area contributed by atoms with Gasteiger partial charge in [-0.2, -0.15) is 0 Å². The molecule has 0 saturated carbocycles. The topological polar surface area (TPSA) is 100 Å². The average molecular weight is 227 g/mol. The van der Waals surface area contributed by atoms with Crippen molar-refractivity contribution in [3.8, 4) is 0 Å². The van der Waals surface area contributed by atoms with Crippen LogP contribution in [0.15, 0.2) is 0 Å². The van der Waals surface area contributed by atoms with Crippen molar-refractivity contribution in [2.75, 3.05) is 39.8 Å². The summed E-state index contributed by atoms with van der Waals surface area (Å²) in [6, 6.07) is 0. The van der Waals surface area contributed by atoms with Gasteiger partial charge in [0.05, 0.1) is 13.2 Å². The predicted molar refractivity (Wildman–Crippen MR) is 49.7 cm³/mol. The van der Waals surface area contributed by atoms with Crippen molar-refractivity contribution >= 4 is 8.25 Å². The maximum Gasteiger partial charge on any atom is 0.700 e. The smallest absolute Gasteiger partial charge is 0.395 e. The van der Waals surface area contributed by atoms with Gasteiger partial charge >= 0.3 is 8.25 Å². The number of aliphatic hydroxyl groups is 2. The number of hydrogen-bond donors (Lipinski definition) is 4. The van der Waals surface area contributed by atoms with Crippen molar-refractivity contribution in [1.29, 1.82) is 0 Å². The molecule has 8 heteroatoms. The second kappa shape index (κ2) is 10.9. The van der Waals surface area contributed by atoms with Crippen LogP contribution in [-0.2, 0) is 13.6 Å². The zero-order valence-corrected chi connectivity index (χ0v) is 8.70. The van der Waals surface area contributed by atoms with Crippen LogP contribution in [0.4, 0.5) is 0 Å². The molecule has 4 N–H and O–H groups in total. The van der Waals surface area contributed by atoms with Crippen molar-refractivity contribution in [3.05, 3.63) is 0 Å². The molecule has 0 aromatic heterocycles. The zero-order valence-electron chi connectivity index (χ0n) is 7.81. The summed E-state index contributed by atoms with van der Waals surface area (Å²) in [7, 11) is -2.15. The predicted octanol–water partition coefficient (Wildman–Crippen LogP) is -1.24. The summed E-state index contributed by atoms with van der Waals surface area (Å²) in [4.78, 5) is 0. The van der Waals surface area contributed by atoms with Crippen molar-refractivity contribution in [2.24, 2.45) is 0 Å². The Bertz CT molecular complexity index is 134. The Morgan fingerprint density at radius 2 is 1.43 bits per heavy atom. The van der Waals surface area contributed by atoms with E-state index in [-0.39, 0.29) is 26.7 Å². The van der Waals surface area contributed by atoms with Crippen molar-refractivity contribution in [3.63, 3.8) is 0 Å². The van der Waals surface area contributed by atoms with Gasteiger partial charge in [0.2, 0.25) is 0 Å². The van der Waals surface area contributed by atoms with E-state index in [0.29, 0.717) is 13.1 Å². The van der Waals surface area contributed by atoms with E-state index in [1.807, 2.05) is 0 Å². The molecular weight excluding hydrogens is 211 g/mol. The molecule has 0 unspecified atom stereocenters. The molecule has 0 aliphatic rings. The standard InChI is InChI=1S/C6H16N2O5P/c9-3-1-7-5-12-14(11)13-6-8-2-4-10/h7-10H,1-6H2/q+1. The van der Waals surface area contributed by atoms with Gasteiger partial charge in [0.15, 0.2) is 13.5 Å². The van der Waals surface area contributed by atoms with Crippen LogP contribution in [0.2, 0.25) is 0 Å². The molecule has 0 aromatic rings. The molecular formula is C6H16N2O5P+. The molecule has 84 valence electrons. The van der Waals surface area contributed by atoms with Gasteiger partial charge in [0, 0.05) is 17.7 Å². The molecule has 0 atom stereocenters. The summed E-state index contributed by atoms with van der Waals surface area (Å²) in [5, 5.41) is 22.1. The Balaban J connectivity index is 3.11. The molecule has 0 bridgehead atoms. The van der Waals surface area contributed by atoms with E-state index in [1.165, 1.54) is 0 Å². The van der Waals surface area contributed by atoms with Crippen molar-refractivity contribution in [1.82, 2.24) is 10.6 Å². The molecule has 14 heavy (non-hydrogen) atoms. The second-order valence-electron chi connectivity index (χ2n) is 2.22. The first kappa shape index (κ1) is 13.9. The van der Waals surface area contributed by atoms with Crippen LogP contribution in [0, 0.1) is 0 Å². The molecule has 0 radical (unpaired) electrons. The summed E-state index contributed by atoms with van der Waals surface area (Å²) in [5.41, 5.74) is 0. The summed E-state index contributed by atoms with van der Waals surface area (Å²) >= 11 is 0. The summed E-state index contributed by atoms with van der Waals surface area (Å²) < 4.78 is 20.2. The van der Waals surface area contributed by atoms with Crippen LogP contribution in [-0.4, -0.2) is 50.0 Å². The van der Waals surface area contributed by atoms with E-state index < -0.39 is 8.25 Å². The minimum Gasteiger partial charge on any atom is -0.395 e. The fraction of sp³-hybridized carbons (Fsp3) is 1.00. The molecule has 0 heterocycles. The molecule has 0 rings (SSSR count). The summed E-state index contributed by atoms with van der Waals surface area (Å²) in [6.45, 7) is 0.890. The first-order valence-electron chi connectivity index (χ1n) is 4.17. The highest BCUT2D eigenvalue weighted by molar-refractivity contribution is 7.33. The van der Waals surface area contributed by atoms with Gasteiger partial charge in [-0.3, -0.25) is 10.6 Å².